The molecule has 0 amide bonds. The average molecular weight is 286 g/mol. The number of nitrogens with zero attached hydrogens (tertiary/aromatic N) is 1. The zero-order valence-electron chi connectivity index (χ0n) is 11.3. The fourth-order valence-electron chi connectivity index (χ4n) is 2.53. The molecule has 0 aliphatic rings. The number of para-hydroxylation sites is 1. The summed E-state index contributed by atoms with van der Waals surface area (Å²) in [6.07, 6.45) is -0.392. The molecule has 0 radical (unpaired) electrons. The Hall–Kier alpha value is -1.77. The van der Waals surface area contributed by atoms with Gasteiger partial charge in [-0.2, -0.15) is 0 Å². The van der Waals surface area contributed by atoms with Crippen LogP contribution in [0.2, 0.25) is 5.02 Å². The first-order valence-corrected chi connectivity index (χ1v) is 7.05. The van der Waals surface area contributed by atoms with E-state index in [4.69, 9.17) is 11.6 Å². The normalized spacial score (nSPS) is 12.8. The molecule has 0 aliphatic heterocycles. The van der Waals surface area contributed by atoms with Crippen molar-refractivity contribution in [2.24, 2.45) is 0 Å². The number of benzene rings is 2. The Labute approximate surface area is 123 Å². The molecule has 3 rings (SSSR count). The summed E-state index contributed by atoms with van der Waals surface area (Å²) >= 11 is 5.96. The van der Waals surface area contributed by atoms with Gasteiger partial charge in [0, 0.05) is 28.2 Å². The number of hydrogen-bond acceptors (Lipinski definition) is 1. The predicted molar refractivity (Wildman–Crippen MR) is 84.1 cm³/mol. The lowest BCUT2D eigenvalue weighted by Gasteiger charge is -2.13. The molecule has 0 saturated heterocycles. The summed E-state index contributed by atoms with van der Waals surface area (Å²) < 4.78 is 2.16. The molecule has 3 aromatic rings. The highest BCUT2D eigenvalue weighted by atomic mass is 35.5. The van der Waals surface area contributed by atoms with Crippen LogP contribution in [0.25, 0.3) is 22.2 Å². The van der Waals surface area contributed by atoms with Crippen molar-refractivity contribution < 1.29 is 5.11 Å². The van der Waals surface area contributed by atoms with Gasteiger partial charge in [0.1, 0.15) is 0 Å². The number of aliphatic hydroxyl groups excluding tert-OH is 1. The molecule has 20 heavy (non-hydrogen) atoms. The Bertz CT molecular complexity index is 728. The van der Waals surface area contributed by atoms with E-state index in [9.17, 15) is 5.11 Å². The first-order valence-electron chi connectivity index (χ1n) is 6.67. The maximum atomic E-state index is 9.76. The highest BCUT2D eigenvalue weighted by Crippen LogP contribution is 2.29. The van der Waals surface area contributed by atoms with Gasteiger partial charge in [-0.15, -0.1) is 0 Å². The zero-order valence-corrected chi connectivity index (χ0v) is 12.0. The third-order valence-electron chi connectivity index (χ3n) is 3.40. The molecule has 1 atom stereocenters. The van der Waals surface area contributed by atoms with E-state index in [1.165, 1.54) is 5.39 Å². The Morgan fingerprint density at radius 1 is 1.10 bits per heavy atom. The maximum absolute atomic E-state index is 9.76. The molecule has 102 valence electrons. The van der Waals surface area contributed by atoms with E-state index in [1.807, 2.05) is 36.4 Å². The fourth-order valence-corrected chi connectivity index (χ4v) is 2.66. The highest BCUT2D eigenvalue weighted by Gasteiger charge is 2.11. The van der Waals surface area contributed by atoms with Gasteiger partial charge in [-0.1, -0.05) is 41.9 Å². The number of halogens is 1. The summed E-state index contributed by atoms with van der Waals surface area (Å²) in [7, 11) is 0. The van der Waals surface area contributed by atoms with Crippen LogP contribution < -0.4 is 0 Å². The number of hydrogen-bond donors (Lipinski definition) is 1. The van der Waals surface area contributed by atoms with Crippen molar-refractivity contribution in [1.29, 1.82) is 0 Å². The van der Waals surface area contributed by atoms with Gasteiger partial charge in [-0.25, -0.2) is 0 Å². The van der Waals surface area contributed by atoms with Crippen molar-refractivity contribution in [2.75, 3.05) is 0 Å². The molecule has 0 spiro atoms. The van der Waals surface area contributed by atoms with Crippen LogP contribution in [-0.2, 0) is 6.54 Å². The van der Waals surface area contributed by atoms with E-state index in [1.54, 1.807) is 6.92 Å². The summed E-state index contributed by atoms with van der Waals surface area (Å²) in [5, 5.41) is 11.7. The highest BCUT2D eigenvalue weighted by molar-refractivity contribution is 6.30. The van der Waals surface area contributed by atoms with Crippen LogP contribution >= 0.6 is 11.6 Å². The number of aliphatic hydroxyl groups is 1. The van der Waals surface area contributed by atoms with Crippen LogP contribution in [0.15, 0.2) is 54.6 Å². The molecule has 2 aromatic carbocycles. The topological polar surface area (TPSA) is 25.2 Å². The van der Waals surface area contributed by atoms with Gasteiger partial charge >= 0.3 is 0 Å². The summed E-state index contributed by atoms with van der Waals surface area (Å²) in [4.78, 5) is 0. The second kappa shape index (κ2) is 5.31. The molecule has 1 N–H and O–H groups in total. The molecule has 1 unspecified atom stereocenters. The van der Waals surface area contributed by atoms with Crippen LogP contribution in [0, 0.1) is 0 Å². The minimum Gasteiger partial charge on any atom is -0.392 e. The molecule has 3 heteroatoms. The van der Waals surface area contributed by atoms with Crippen molar-refractivity contribution in [2.45, 2.75) is 19.6 Å². The van der Waals surface area contributed by atoms with E-state index in [0.29, 0.717) is 6.54 Å². The van der Waals surface area contributed by atoms with Gasteiger partial charge < -0.3 is 9.67 Å². The summed E-state index contributed by atoms with van der Waals surface area (Å²) in [5.74, 6) is 0. The quantitative estimate of drug-likeness (QED) is 0.761. The molecular weight excluding hydrogens is 270 g/mol. The molecule has 0 saturated carbocycles. The Kier molecular flexibility index (Phi) is 3.51. The van der Waals surface area contributed by atoms with Crippen molar-refractivity contribution in [1.82, 2.24) is 4.57 Å². The minimum atomic E-state index is -0.392. The predicted octanol–water partition coefficient (Wildman–Crippen LogP) is 4.34. The largest absolute Gasteiger partial charge is 0.392 e. The number of fused-ring (bicyclic) bond motifs is 1. The number of aromatic nitrogens is 1. The monoisotopic (exact) mass is 285 g/mol. The molecule has 2 nitrogen and oxygen atoms in total. The summed E-state index contributed by atoms with van der Waals surface area (Å²) in [6, 6.07) is 18.2. The van der Waals surface area contributed by atoms with Crippen LogP contribution in [0.4, 0.5) is 0 Å². The third kappa shape index (κ3) is 2.45. The maximum Gasteiger partial charge on any atom is 0.0691 e. The van der Waals surface area contributed by atoms with Crippen LogP contribution in [0.5, 0.6) is 0 Å². The van der Waals surface area contributed by atoms with Gasteiger partial charge in [0.05, 0.1) is 6.10 Å². The van der Waals surface area contributed by atoms with Crippen LogP contribution in [0.3, 0.4) is 0 Å². The average Bonchev–Trinajstić information content (AvgIpc) is 2.78. The number of rotatable bonds is 3. The van der Waals surface area contributed by atoms with Gasteiger partial charge in [-0.05, 0) is 36.8 Å². The fraction of sp³-hybridized carbons (Fsp3) is 0.176. The minimum absolute atomic E-state index is 0.392. The van der Waals surface area contributed by atoms with Gasteiger partial charge in [0.2, 0.25) is 0 Å². The van der Waals surface area contributed by atoms with E-state index in [-0.39, 0.29) is 0 Å². The smallest absolute Gasteiger partial charge is 0.0691 e. The Balaban J connectivity index is 2.20. The van der Waals surface area contributed by atoms with Crippen molar-refractivity contribution in [3.05, 3.63) is 59.6 Å². The SMILES string of the molecule is CC(O)Cn1c(-c2ccc(Cl)cc2)cc2ccccc21. The zero-order chi connectivity index (χ0) is 14.1. The Morgan fingerprint density at radius 3 is 2.50 bits per heavy atom. The van der Waals surface area contributed by atoms with E-state index < -0.39 is 6.10 Å². The van der Waals surface area contributed by atoms with Gasteiger partial charge in [-0.3, -0.25) is 0 Å². The lowest BCUT2D eigenvalue weighted by Crippen LogP contribution is -2.12. The molecule has 0 bridgehead atoms. The Morgan fingerprint density at radius 2 is 1.80 bits per heavy atom. The van der Waals surface area contributed by atoms with Crippen molar-refractivity contribution >= 4 is 22.5 Å². The summed E-state index contributed by atoms with van der Waals surface area (Å²) in [6.45, 7) is 2.38. The second-order valence-corrected chi connectivity index (χ2v) is 5.49. The standard InChI is InChI=1S/C17H16ClNO/c1-12(20)11-19-16-5-3-2-4-14(16)10-17(19)13-6-8-15(18)9-7-13/h2-10,12,20H,11H2,1H3. The molecule has 1 heterocycles. The lowest BCUT2D eigenvalue weighted by atomic mass is 10.1. The second-order valence-electron chi connectivity index (χ2n) is 5.05. The summed E-state index contributed by atoms with van der Waals surface area (Å²) in [5.41, 5.74) is 3.34. The van der Waals surface area contributed by atoms with E-state index >= 15 is 0 Å². The first-order chi connectivity index (χ1) is 9.65. The van der Waals surface area contributed by atoms with E-state index in [2.05, 4.69) is 22.8 Å². The molecule has 1 aromatic heterocycles. The van der Waals surface area contributed by atoms with Crippen LogP contribution in [0.1, 0.15) is 6.92 Å². The molecule has 0 fully saturated rings. The van der Waals surface area contributed by atoms with Gasteiger partial charge in [0.15, 0.2) is 0 Å². The third-order valence-corrected chi connectivity index (χ3v) is 3.65. The van der Waals surface area contributed by atoms with Crippen molar-refractivity contribution in [3.8, 4) is 11.3 Å². The lowest BCUT2D eigenvalue weighted by molar-refractivity contribution is 0.176. The first kappa shape index (κ1) is 13.2. The van der Waals surface area contributed by atoms with Crippen LogP contribution in [-0.4, -0.2) is 15.8 Å². The van der Waals surface area contributed by atoms with Crippen molar-refractivity contribution in [3.63, 3.8) is 0 Å². The molecule has 0 aliphatic carbocycles. The van der Waals surface area contributed by atoms with Gasteiger partial charge in [0.25, 0.3) is 0 Å². The molecular formula is C17H16ClNO. The van der Waals surface area contributed by atoms with E-state index in [0.717, 1.165) is 21.8 Å².